The number of nitrogens with zero attached hydrogens (tertiary/aromatic N) is 1. The zero-order valence-corrected chi connectivity index (χ0v) is 13.5. The Balaban J connectivity index is 2.20. The molecule has 1 aromatic carbocycles. The number of rotatable bonds is 4. The predicted molar refractivity (Wildman–Crippen MR) is 86.8 cm³/mol. The lowest BCUT2D eigenvalue weighted by molar-refractivity contribution is 0.413. The van der Waals surface area contributed by atoms with Gasteiger partial charge in [-0.15, -0.1) is 0 Å². The highest BCUT2D eigenvalue weighted by molar-refractivity contribution is 5.41. The lowest BCUT2D eigenvalue weighted by atomic mass is 10.1. The molecule has 0 bridgehead atoms. The van der Waals surface area contributed by atoms with Gasteiger partial charge in [0.2, 0.25) is 0 Å². The van der Waals surface area contributed by atoms with Crippen molar-refractivity contribution < 1.29 is 4.74 Å². The van der Waals surface area contributed by atoms with Crippen molar-refractivity contribution in [1.82, 2.24) is 10.3 Å². The molecule has 0 saturated heterocycles. The highest BCUT2D eigenvalue weighted by Gasteiger charge is 2.12. The van der Waals surface area contributed by atoms with Crippen LogP contribution in [0.3, 0.4) is 0 Å². The van der Waals surface area contributed by atoms with Crippen LogP contribution in [0.5, 0.6) is 11.5 Å². The molecule has 0 unspecified atom stereocenters. The van der Waals surface area contributed by atoms with Crippen LogP contribution in [-0.4, -0.2) is 10.5 Å². The van der Waals surface area contributed by atoms with E-state index in [1.165, 1.54) is 5.56 Å². The van der Waals surface area contributed by atoms with Gasteiger partial charge in [0.1, 0.15) is 11.5 Å². The van der Waals surface area contributed by atoms with Crippen LogP contribution >= 0.6 is 0 Å². The molecule has 0 amide bonds. The van der Waals surface area contributed by atoms with E-state index in [2.05, 4.69) is 57.1 Å². The Morgan fingerprint density at radius 3 is 2.52 bits per heavy atom. The number of pyridine rings is 1. The molecule has 21 heavy (non-hydrogen) atoms. The van der Waals surface area contributed by atoms with Gasteiger partial charge in [-0.2, -0.15) is 0 Å². The highest BCUT2D eigenvalue weighted by atomic mass is 16.5. The minimum Gasteiger partial charge on any atom is -0.455 e. The van der Waals surface area contributed by atoms with E-state index in [0.717, 1.165) is 29.2 Å². The quantitative estimate of drug-likeness (QED) is 0.904. The number of hydrogen-bond acceptors (Lipinski definition) is 3. The first-order valence-corrected chi connectivity index (χ1v) is 7.28. The van der Waals surface area contributed by atoms with Gasteiger partial charge < -0.3 is 10.1 Å². The van der Waals surface area contributed by atoms with Crippen molar-refractivity contribution in [3.8, 4) is 11.5 Å². The lowest BCUT2D eigenvalue weighted by Gasteiger charge is -2.21. The first-order valence-electron chi connectivity index (χ1n) is 7.28. The molecule has 3 heteroatoms. The van der Waals surface area contributed by atoms with Gasteiger partial charge in [0.05, 0.1) is 6.20 Å². The summed E-state index contributed by atoms with van der Waals surface area (Å²) in [6.45, 7) is 11.4. The maximum Gasteiger partial charge on any atom is 0.150 e. The van der Waals surface area contributed by atoms with Gasteiger partial charge in [0.15, 0.2) is 0 Å². The van der Waals surface area contributed by atoms with Crippen LogP contribution in [-0.2, 0) is 6.54 Å². The van der Waals surface area contributed by atoms with E-state index < -0.39 is 0 Å². The molecule has 112 valence electrons. The van der Waals surface area contributed by atoms with Crippen LogP contribution in [0.4, 0.5) is 0 Å². The average molecular weight is 284 g/mol. The van der Waals surface area contributed by atoms with Crippen molar-refractivity contribution in [1.29, 1.82) is 0 Å². The molecule has 0 aliphatic rings. The lowest BCUT2D eigenvalue weighted by Crippen LogP contribution is -2.35. The molecular formula is C18H24N2O. The normalized spacial score (nSPS) is 11.5. The fourth-order valence-electron chi connectivity index (χ4n) is 2.04. The Hall–Kier alpha value is -1.87. The first-order chi connectivity index (χ1) is 9.85. The Morgan fingerprint density at radius 1 is 1.10 bits per heavy atom. The van der Waals surface area contributed by atoms with Gasteiger partial charge in [-0.1, -0.05) is 17.7 Å². The summed E-state index contributed by atoms with van der Waals surface area (Å²) in [5, 5.41) is 3.48. The Labute approximate surface area is 127 Å². The summed E-state index contributed by atoms with van der Waals surface area (Å²) in [6.07, 6.45) is 3.58. The number of benzene rings is 1. The molecule has 0 aliphatic carbocycles. The van der Waals surface area contributed by atoms with E-state index in [1.54, 1.807) is 12.4 Å². The second kappa shape index (κ2) is 6.27. The number of hydrogen-bond donors (Lipinski definition) is 1. The molecule has 0 spiro atoms. The molecule has 2 rings (SSSR count). The Bertz CT molecular complexity index is 615. The molecule has 1 aromatic heterocycles. The first kappa shape index (κ1) is 15.5. The van der Waals surface area contributed by atoms with Crippen molar-refractivity contribution in [3.63, 3.8) is 0 Å². The molecule has 0 radical (unpaired) electrons. The smallest absolute Gasteiger partial charge is 0.150 e. The fraction of sp³-hybridized carbons (Fsp3) is 0.389. The summed E-state index contributed by atoms with van der Waals surface area (Å²) >= 11 is 0. The third kappa shape index (κ3) is 4.57. The highest BCUT2D eigenvalue weighted by Crippen LogP contribution is 2.28. The summed E-state index contributed by atoms with van der Waals surface area (Å²) in [7, 11) is 0. The minimum atomic E-state index is 0.0698. The Kier molecular flexibility index (Phi) is 4.63. The largest absolute Gasteiger partial charge is 0.455 e. The maximum absolute atomic E-state index is 6.06. The van der Waals surface area contributed by atoms with Crippen LogP contribution in [0.2, 0.25) is 0 Å². The molecule has 1 heterocycles. The SMILES string of the molecule is Cc1ccc(Oc2cnccc2CNC(C)(C)C)c(C)c1. The summed E-state index contributed by atoms with van der Waals surface area (Å²) in [5.74, 6) is 1.69. The average Bonchev–Trinajstić information content (AvgIpc) is 2.40. The van der Waals surface area contributed by atoms with Gasteiger partial charge in [-0.3, -0.25) is 4.98 Å². The van der Waals surface area contributed by atoms with Crippen LogP contribution < -0.4 is 10.1 Å². The molecule has 3 nitrogen and oxygen atoms in total. The van der Waals surface area contributed by atoms with E-state index >= 15 is 0 Å². The number of nitrogens with one attached hydrogen (secondary N) is 1. The van der Waals surface area contributed by atoms with Gasteiger partial charge in [-0.05, 0) is 52.3 Å². The molecule has 0 aliphatic heterocycles. The van der Waals surface area contributed by atoms with E-state index in [0.29, 0.717) is 0 Å². The van der Waals surface area contributed by atoms with Crippen molar-refractivity contribution in [3.05, 3.63) is 53.3 Å². The van der Waals surface area contributed by atoms with Gasteiger partial charge in [0.25, 0.3) is 0 Å². The summed E-state index contributed by atoms with van der Waals surface area (Å²) < 4.78 is 6.06. The van der Waals surface area contributed by atoms with E-state index in [-0.39, 0.29) is 5.54 Å². The summed E-state index contributed by atoms with van der Waals surface area (Å²) in [6, 6.07) is 8.20. The van der Waals surface area contributed by atoms with Gasteiger partial charge >= 0.3 is 0 Å². The molecule has 2 aromatic rings. The van der Waals surface area contributed by atoms with Crippen molar-refractivity contribution in [2.24, 2.45) is 0 Å². The molecule has 1 N–H and O–H groups in total. The minimum absolute atomic E-state index is 0.0698. The third-order valence-electron chi connectivity index (χ3n) is 3.23. The fourth-order valence-corrected chi connectivity index (χ4v) is 2.04. The second-order valence-corrected chi connectivity index (χ2v) is 6.46. The molecule has 0 fully saturated rings. The van der Waals surface area contributed by atoms with Crippen LogP contribution in [0, 0.1) is 13.8 Å². The van der Waals surface area contributed by atoms with Gasteiger partial charge in [0, 0.05) is 23.8 Å². The van der Waals surface area contributed by atoms with E-state index in [9.17, 15) is 0 Å². The van der Waals surface area contributed by atoms with Gasteiger partial charge in [-0.25, -0.2) is 0 Å². The zero-order chi connectivity index (χ0) is 15.5. The predicted octanol–water partition coefficient (Wildman–Crippen LogP) is 4.38. The third-order valence-corrected chi connectivity index (χ3v) is 3.23. The number of ether oxygens (including phenoxy) is 1. The van der Waals surface area contributed by atoms with Crippen LogP contribution in [0.1, 0.15) is 37.5 Å². The van der Waals surface area contributed by atoms with Crippen molar-refractivity contribution in [2.45, 2.75) is 46.7 Å². The summed E-state index contributed by atoms with van der Waals surface area (Å²) in [4.78, 5) is 4.18. The van der Waals surface area contributed by atoms with Crippen molar-refractivity contribution in [2.75, 3.05) is 0 Å². The standard InChI is InChI=1S/C18H24N2O/c1-13-6-7-16(14(2)10-13)21-17-12-19-9-8-15(17)11-20-18(3,4)5/h6-10,12,20H,11H2,1-5H3. The molecule has 0 atom stereocenters. The van der Waals surface area contributed by atoms with E-state index in [1.807, 2.05) is 12.1 Å². The topological polar surface area (TPSA) is 34.1 Å². The monoisotopic (exact) mass is 284 g/mol. The van der Waals surface area contributed by atoms with Crippen LogP contribution in [0.25, 0.3) is 0 Å². The van der Waals surface area contributed by atoms with Crippen molar-refractivity contribution >= 4 is 0 Å². The molecule has 0 saturated carbocycles. The van der Waals surface area contributed by atoms with Crippen LogP contribution in [0.15, 0.2) is 36.7 Å². The number of aryl methyl sites for hydroxylation is 2. The zero-order valence-electron chi connectivity index (χ0n) is 13.5. The molecular weight excluding hydrogens is 260 g/mol. The second-order valence-electron chi connectivity index (χ2n) is 6.46. The van der Waals surface area contributed by atoms with E-state index in [4.69, 9.17) is 4.74 Å². The maximum atomic E-state index is 6.06. The summed E-state index contributed by atoms with van der Waals surface area (Å²) in [5.41, 5.74) is 3.55. The number of aromatic nitrogens is 1. The Morgan fingerprint density at radius 2 is 1.86 bits per heavy atom.